The van der Waals surface area contributed by atoms with Gasteiger partial charge < -0.3 is 21.3 Å². The summed E-state index contributed by atoms with van der Waals surface area (Å²) >= 11 is 4.92. The molecule has 0 fully saturated rings. The topological polar surface area (TPSA) is 95.6 Å². The maximum atomic E-state index is 12.0. The van der Waals surface area contributed by atoms with E-state index in [1.54, 1.807) is 6.92 Å². The Morgan fingerprint density at radius 2 is 2.06 bits per heavy atom. The molecule has 0 spiro atoms. The molecule has 1 aromatic rings. The number of carbonyl (C=O) groups is 1. The number of phenols is 2. The van der Waals surface area contributed by atoms with E-state index >= 15 is 0 Å². The summed E-state index contributed by atoms with van der Waals surface area (Å²) in [5.41, 5.74) is 5.03. The zero-order valence-corrected chi connectivity index (χ0v) is 11.0. The van der Waals surface area contributed by atoms with Crippen molar-refractivity contribution in [2.75, 3.05) is 0 Å². The molecule has 0 bridgehead atoms. The zero-order valence-electron chi connectivity index (χ0n) is 10.2. The lowest BCUT2D eigenvalue weighted by Gasteiger charge is -2.28. The molecule has 6 heteroatoms. The number of rotatable bonds is 4. The summed E-state index contributed by atoms with van der Waals surface area (Å²) in [6.07, 6.45) is 0.554. The molecule has 1 aromatic carbocycles. The third-order valence-electron chi connectivity index (χ3n) is 2.88. The van der Waals surface area contributed by atoms with Gasteiger partial charge in [0.2, 0.25) is 0 Å². The molecule has 98 valence electrons. The van der Waals surface area contributed by atoms with Crippen molar-refractivity contribution in [3.63, 3.8) is 0 Å². The van der Waals surface area contributed by atoms with E-state index in [0.717, 1.165) is 0 Å². The van der Waals surface area contributed by atoms with Crippen LogP contribution in [0.1, 0.15) is 30.6 Å². The fourth-order valence-electron chi connectivity index (χ4n) is 1.31. The van der Waals surface area contributed by atoms with Crippen LogP contribution in [-0.2, 0) is 0 Å². The van der Waals surface area contributed by atoms with Crippen molar-refractivity contribution in [3.8, 4) is 11.5 Å². The van der Waals surface area contributed by atoms with Crippen LogP contribution in [0.3, 0.4) is 0 Å². The number of thiocarbonyl (C=S) groups is 1. The van der Waals surface area contributed by atoms with Crippen molar-refractivity contribution in [2.24, 2.45) is 5.73 Å². The maximum absolute atomic E-state index is 12.0. The van der Waals surface area contributed by atoms with Crippen molar-refractivity contribution in [1.82, 2.24) is 5.32 Å². The first kappa shape index (κ1) is 14.2. The van der Waals surface area contributed by atoms with Gasteiger partial charge in [0.1, 0.15) is 0 Å². The van der Waals surface area contributed by atoms with E-state index in [1.807, 2.05) is 6.92 Å². The Labute approximate surface area is 111 Å². The first-order valence-corrected chi connectivity index (χ1v) is 5.85. The highest BCUT2D eigenvalue weighted by Crippen LogP contribution is 2.25. The Balaban J connectivity index is 2.95. The van der Waals surface area contributed by atoms with Gasteiger partial charge in [0.05, 0.1) is 10.5 Å². The van der Waals surface area contributed by atoms with Crippen molar-refractivity contribution >= 4 is 23.1 Å². The van der Waals surface area contributed by atoms with Crippen LogP contribution in [0, 0.1) is 0 Å². The standard InChI is InChI=1S/C12H16N2O3S/c1-3-12(2,11(13)18)14-10(17)7-4-5-8(15)9(16)6-7/h4-6,15-16H,3H2,1-2H3,(H2,13,18)(H,14,17). The number of phenolic OH excluding ortho intramolecular Hbond substituents is 2. The molecule has 0 aliphatic carbocycles. The third-order valence-corrected chi connectivity index (χ3v) is 3.33. The van der Waals surface area contributed by atoms with Gasteiger partial charge in [-0.1, -0.05) is 19.1 Å². The first-order valence-electron chi connectivity index (χ1n) is 5.44. The van der Waals surface area contributed by atoms with E-state index in [-0.39, 0.29) is 22.1 Å². The van der Waals surface area contributed by atoms with Crippen LogP contribution >= 0.6 is 12.2 Å². The highest BCUT2D eigenvalue weighted by molar-refractivity contribution is 7.80. The highest BCUT2D eigenvalue weighted by atomic mass is 32.1. The van der Waals surface area contributed by atoms with Gasteiger partial charge in [0.15, 0.2) is 11.5 Å². The van der Waals surface area contributed by atoms with Gasteiger partial charge in [-0.2, -0.15) is 0 Å². The van der Waals surface area contributed by atoms with Crippen molar-refractivity contribution in [1.29, 1.82) is 0 Å². The van der Waals surface area contributed by atoms with E-state index in [0.29, 0.717) is 6.42 Å². The van der Waals surface area contributed by atoms with E-state index in [1.165, 1.54) is 18.2 Å². The third kappa shape index (κ3) is 2.89. The zero-order chi connectivity index (χ0) is 13.9. The van der Waals surface area contributed by atoms with Gasteiger partial charge in [0, 0.05) is 5.56 Å². The second kappa shape index (κ2) is 5.22. The SMILES string of the molecule is CCC(C)(NC(=O)c1ccc(O)c(O)c1)C(N)=S. The van der Waals surface area contributed by atoms with Gasteiger partial charge in [-0.25, -0.2) is 0 Å². The molecule has 1 atom stereocenters. The van der Waals surface area contributed by atoms with Gasteiger partial charge in [-0.15, -0.1) is 0 Å². The molecule has 0 radical (unpaired) electrons. The highest BCUT2D eigenvalue weighted by Gasteiger charge is 2.28. The summed E-state index contributed by atoms with van der Waals surface area (Å²) in [6, 6.07) is 3.83. The largest absolute Gasteiger partial charge is 0.504 e. The first-order chi connectivity index (χ1) is 8.30. The monoisotopic (exact) mass is 268 g/mol. The number of carbonyl (C=O) groups excluding carboxylic acids is 1. The Hall–Kier alpha value is -1.82. The Kier molecular flexibility index (Phi) is 4.13. The van der Waals surface area contributed by atoms with Crippen LogP contribution in [0.5, 0.6) is 11.5 Å². The molecular formula is C12H16N2O3S. The lowest BCUT2D eigenvalue weighted by molar-refractivity contribution is 0.0926. The summed E-state index contributed by atoms with van der Waals surface area (Å²) in [5, 5.41) is 21.2. The van der Waals surface area contributed by atoms with E-state index in [4.69, 9.17) is 23.1 Å². The Morgan fingerprint density at radius 3 is 2.50 bits per heavy atom. The van der Waals surface area contributed by atoms with Crippen LogP contribution in [0.2, 0.25) is 0 Å². The van der Waals surface area contributed by atoms with Crippen LogP contribution in [0.4, 0.5) is 0 Å². The second-order valence-electron chi connectivity index (χ2n) is 4.21. The normalized spacial score (nSPS) is 13.7. The molecule has 0 aliphatic heterocycles. The van der Waals surface area contributed by atoms with Crippen molar-refractivity contribution in [2.45, 2.75) is 25.8 Å². The molecule has 0 aliphatic rings. The Bertz CT molecular complexity index is 490. The number of aromatic hydroxyl groups is 2. The number of hydrogen-bond donors (Lipinski definition) is 4. The summed E-state index contributed by atoms with van der Waals surface area (Å²) in [7, 11) is 0. The fourth-order valence-corrected chi connectivity index (χ4v) is 1.51. The minimum Gasteiger partial charge on any atom is -0.504 e. The van der Waals surface area contributed by atoms with Crippen LogP contribution in [0.25, 0.3) is 0 Å². The van der Waals surface area contributed by atoms with Gasteiger partial charge in [0.25, 0.3) is 5.91 Å². The van der Waals surface area contributed by atoms with Crippen LogP contribution in [0.15, 0.2) is 18.2 Å². The number of nitrogens with two attached hydrogens (primary N) is 1. The maximum Gasteiger partial charge on any atom is 0.252 e. The quantitative estimate of drug-likeness (QED) is 0.487. The van der Waals surface area contributed by atoms with Crippen LogP contribution < -0.4 is 11.1 Å². The summed E-state index contributed by atoms with van der Waals surface area (Å²) in [4.78, 5) is 12.2. The number of benzene rings is 1. The molecule has 0 saturated heterocycles. The lowest BCUT2D eigenvalue weighted by atomic mass is 9.98. The van der Waals surface area contributed by atoms with Crippen LogP contribution in [-0.4, -0.2) is 26.6 Å². The molecular weight excluding hydrogens is 252 g/mol. The molecule has 1 rings (SSSR count). The second-order valence-corrected chi connectivity index (χ2v) is 4.65. The number of nitrogens with one attached hydrogen (secondary N) is 1. The average molecular weight is 268 g/mol. The summed E-state index contributed by atoms with van der Waals surface area (Å²) < 4.78 is 0. The number of hydrogen-bond acceptors (Lipinski definition) is 4. The molecule has 1 unspecified atom stereocenters. The number of amides is 1. The summed E-state index contributed by atoms with van der Waals surface area (Å²) in [6.45, 7) is 3.58. The van der Waals surface area contributed by atoms with Gasteiger partial charge in [-0.05, 0) is 31.5 Å². The predicted octanol–water partition coefficient (Wildman–Crippen LogP) is 1.28. The van der Waals surface area contributed by atoms with E-state index in [2.05, 4.69) is 5.32 Å². The van der Waals surface area contributed by atoms with Crippen molar-refractivity contribution < 1.29 is 15.0 Å². The van der Waals surface area contributed by atoms with Crippen molar-refractivity contribution in [3.05, 3.63) is 23.8 Å². The van der Waals surface area contributed by atoms with E-state index < -0.39 is 11.4 Å². The minimum atomic E-state index is -0.778. The lowest BCUT2D eigenvalue weighted by Crippen LogP contribution is -2.54. The molecule has 1 amide bonds. The molecule has 18 heavy (non-hydrogen) atoms. The fraction of sp³-hybridized carbons (Fsp3) is 0.333. The molecule has 5 nitrogen and oxygen atoms in total. The van der Waals surface area contributed by atoms with Gasteiger partial charge >= 0.3 is 0 Å². The van der Waals surface area contributed by atoms with Gasteiger partial charge in [-0.3, -0.25) is 4.79 Å². The molecule has 5 N–H and O–H groups in total. The molecule has 0 aromatic heterocycles. The molecule has 0 heterocycles. The predicted molar refractivity (Wildman–Crippen MR) is 72.7 cm³/mol. The Morgan fingerprint density at radius 1 is 1.44 bits per heavy atom. The smallest absolute Gasteiger partial charge is 0.252 e. The average Bonchev–Trinajstić information content (AvgIpc) is 2.32. The minimum absolute atomic E-state index is 0.196. The van der Waals surface area contributed by atoms with E-state index in [9.17, 15) is 9.90 Å². The molecule has 0 saturated carbocycles. The summed E-state index contributed by atoms with van der Waals surface area (Å²) in [5.74, 6) is -1.04.